The number of hydrogen-bond donors (Lipinski definition) is 1. The van der Waals surface area contributed by atoms with Gasteiger partial charge in [-0.3, -0.25) is 0 Å². The van der Waals surface area contributed by atoms with Crippen LogP contribution in [-0.4, -0.2) is 44.3 Å². The second kappa shape index (κ2) is 6.91. The number of hydrogen-bond acceptors (Lipinski definition) is 2. The van der Waals surface area contributed by atoms with Crippen molar-refractivity contribution in [1.29, 1.82) is 0 Å². The second-order valence-electron chi connectivity index (χ2n) is 2.15. The van der Waals surface area contributed by atoms with Gasteiger partial charge in [-0.2, -0.15) is 0 Å². The van der Waals surface area contributed by atoms with Crippen LogP contribution in [-0.2, 0) is 4.74 Å². The summed E-state index contributed by atoms with van der Waals surface area (Å²) in [6.45, 7) is 6.74. The Kier molecular flexibility index (Phi) is 6.47. The van der Waals surface area contributed by atoms with Crippen molar-refractivity contribution in [1.82, 2.24) is 10.2 Å². The summed E-state index contributed by atoms with van der Waals surface area (Å²) in [4.78, 5) is 12.7. The predicted octanol–water partition coefficient (Wildman–Crippen LogP) is 0.684. The Balaban J connectivity index is 0.000000561. The fourth-order valence-electron chi connectivity index (χ4n) is 0.925. The molecule has 0 bridgehead atoms. The lowest BCUT2D eigenvalue weighted by Gasteiger charge is -2.26. The molecule has 0 aromatic heterocycles. The number of carbonyl (C=O) groups is 1. The van der Waals surface area contributed by atoms with Crippen LogP contribution in [0.3, 0.4) is 0 Å². The molecular weight excluding hydrogens is 156 g/mol. The van der Waals surface area contributed by atoms with E-state index in [2.05, 4.69) is 5.32 Å². The molecule has 0 aliphatic carbocycles. The second-order valence-corrected chi connectivity index (χ2v) is 2.15. The van der Waals surface area contributed by atoms with E-state index in [1.54, 1.807) is 11.9 Å². The quantitative estimate of drug-likeness (QED) is 0.587. The summed E-state index contributed by atoms with van der Waals surface area (Å²) in [5, 5.41) is 2.57. The minimum atomic E-state index is -0.0108. The van der Waals surface area contributed by atoms with E-state index in [0.29, 0.717) is 26.3 Å². The van der Waals surface area contributed by atoms with Gasteiger partial charge in [0.15, 0.2) is 0 Å². The third-order valence-electron chi connectivity index (χ3n) is 1.51. The van der Waals surface area contributed by atoms with Crippen molar-refractivity contribution in [2.24, 2.45) is 0 Å². The number of urea groups is 1. The third-order valence-corrected chi connectivity index (χ3v) is 1.51. The number of rotatable bonds is 0. The molecule has 2 amide bonds. The number of morpholine rings is 1. The topological polar surface area (TPSA) is 41.6 Å². The Hall–Kier alpha value is -0.770. The molecule has 0 aromatic rings. The van der Waals surface area contributed by atoms with E-state index in [0.717, 1.165) is 0 Å². The van der Waals surface area contributed by atoms with E-state index in [1.165, 1.54) is 0 Å². The van der Waals surface area contributed by atoms with Gasteiger partial charge in [0, 0.05) is 20.1 Å². The molecule has 1 aliphatic heterocycles. The summed E-state index contributed by atoms with van der Waals surface area (Å²) in [6, 6.07) is -0.0108. The highest BCUT2D eigenvalue weighted by Crippen LogP contribution is 1.95. The fourth-order valence-corrected chi connectivity index (χ4v) is 0.925. The summed E-state index contributed by atoms with van der Waals surface area (Å²) in [7, 11) is 1.64. The van der Waals surface area contributed by atoms with Crippen molar-refractivity contribution >= 4 is 6.03 Å². The van der Waals surface area contributed by atoms with Gasteiger partial charge in [-0.25, -0.2) is 4.79 Å². The van der Waals surface area contributed by atoms with Gasteiger partial charge in [-0.1, -0.05) is 13.8 Å². The molecule has 1 rings (SSSR count). The Morgan fingerprint density at radius 3 is 2.25 bits per heavy atom. The summed E-state index contributed by atoms with van der Waals surface area (Å²) < 4.78 is 5.07. The van der Waals surface area contributed by atoms with Gasteiger partial charge in [0.2, 0.25) is 0 Å². The molecule has 0 aromatic carbocycles. The number of ether oxygens (including phenoxy) is 1. The largest absolute Gasteiger partial charge is 0.378 e. The number of amides is 2. The van der Waals surface area contributed by atoms with Crippen LogP contribution in [0.4, 0.5) is 4.79 Å². The Bertz CT molecular complexity index is 122. The number of carbonyl (C=O) groups excluding carboxylic acids is 1. The van der Waals surface area contributed by atoms with E-state index in [1.807, 2.05) is 13.8 Å². The molecule has 1 N–H and O–H groups in total. The lowest BCUT2D eigenvalue weighted by Crippen LogP contribution is -2.44. The fraction of sp³-hybridized carbons (Fsp3) is 0.875. The zero-order valence-electron chi connectivity index (χ0n) is 8.09. The molecule has 0 radical (unpaired) electrons. The average molecular weight is 174 g/mol. The van der Waals surface area contributed by atoms with Crippen molar-refractivity contribution in [3.8, 4) is 0 Å². The van der Waals surface area contributed by atoms with Gasteiger partial charge in [0.05, 0.1) is 13.2 Å². The maximum atomic E-state index is 10.9. The first kappa shape index (κ1) is 11.2. The van der Waals surface area contributed by atoms with Crippen LogP contribution >= 0.6 is 0 Å². The third kappa shape index (κ3) is 3.57. The van der Waals surface area contributed by atoms with Crippen molar-refractivity contribution in [3.63, 3.8) is 0 Å². The lowest BCUT2D eigenvalue weighted by molar-refractivity contribution is 0.0537. The van der Waals surface area contributed by atoms with Gasteiger partial charge < -0.3 is 15.0 Å². The molecule has 0 saturated carbocycles. The van der Waals surface area contributed by atoms with Crippen LogP contribution in [0.1, 0.15) is 13.8 Å². The smallest absolute Gasteiger partial charge is 0.317 e. The summed E-state index contributed by atoms with van der Waals surface area (Å²) in [5.41, 5.74) is 0. The summed E-state index contributed by atoms with van der Waals surface area (Å²) in [5.74, 6) is 0. The molecule has 4 nitrogen and oxygen atoms in total. The number of nitrogens with one attached hydrogen (secondary N) is 1. The first-order valence-electron chi connectivity index (χ1n) is 4.39. The van der Waals surface area contributed by atoms with E-state index >= 15 is 0 Å². The zero-order chi connectivity index (χ0) is 9.40. The Morgan fingerprint density at radius 2 is 1.83 bits per heavy atom. The minimum Gasteiger partial charge on any atom is -0.378 e. The predicted molar refractivity (Wildman–Crippen MR) is 48.2 cm³/mol. The molecule has 4 heteroatoms. The molecule has 0 spiro atoms. The van der Waals surface area contributed by atoms with E-state index in [9.17, 15) is 4.79 Å². The normalized spacial score (nSPS) is 16.1. The van der Waals surface area contributed by atoms with Crippen LogP contribution in [0, 0.1) is 0 Å². The molecular formula is C8H18N2O2. The highest BCUT2D eigenvalue weighted by atomic mass is 16.5. The van der Waals surface area contributed by atoms with Crippen LogP contribution in [0.2, 0.25) is 0 Å². The molecule has 1 aliphatic rings. The molecule has 0 unspecified atom stereocenters. The van der Waals surface area contributed by atoms with Crippen LogP contribution in [0.5, 0.6) is 0 Å². The Morgan fingerprint density at radius 1 is 1.33 bits per heavy atom. The standard InChI is InChI=1S/C6H12N2O2.C2H6/c1-7-6(9)8-2-4-10-5-3-8;1-2/h2-5H2,1H3,(H,7,9);1-2H3. The minimum absolute atomic E-state index is 0.0108. The first-order valence-corrected chi connectivity index (χ1v) is 4.39. The molecule has 0 atom stereocenters. The van der Waals surface area contributed by atoms with Crippen molar-refractivity contribution in [2.45, 2.75) is 13.8 Å². The van der Waals surface area contributed by atoms with E-state index in [-0.39, 0.29) is 6.03 Å². The van der Waals surface area contributed by atoms with Crippen molar-refractivity contribution < 1.29 is 9.53 Å². The maximum absolute atomic E-state index is 10.9. The summed E-state index contributed by atoms with van der Waals surface area (Å²) >= 11 is 0. The van der Waals surface area contributed by atoms with Crippen molar-refractivity contribution in [3.05, 3.63) is 0 Å². The van der Waals surface area contributed by atoms with Crippen LogP contribution in [0.15, 0.2) is 0 Å². The lowest BCUT2D eigenvalue weighted by atomic mass is 10.4. The van der Waals surface area contributed by atoms with Gasteiger partial charge in [0.25, 0.3) is 0 Å². The first-order chi connectivity index (χ1) is 5.84. The van der Waals surface area contributed by atoms with Gasteiger partial charge in [-0.15, -0.1) is 0 Å². The Labute approximate surface area is 73.9 Å². The maximum Gasteiger partial charge on any atom is 0.317 e. The van der Waals surface area contributed by atoms with Crippen LogP contribution < -0.4 is 5.32 Å². The molecule has 72 valence electrons. The van der Waals surface area contributed by atoms with E-state index in [4.69, 9.17) is 4.74 Å². The van der Waals surface area contributed by atoms with E-state index < -0.39 is 0 Å². The molecule has 1 fully saturated rings. The van der Waals surface area contributed by atoms with Gasteiger partial charge >= 0.3 is 6.03 Å². The monoisotopic (exact) mass is 174 g/mol. The van der Waals surface area contributed by atoms with Crippen LogP contribution in [0.25, 0.3) is 0 Å². The van der Waals surface area contributed by atoms with Gasteiger partial charge in [-0.05, 0) is 0 Å². The molecule has 1 saturated heterocycles. The summed E-state index contributed by atoms with van der Waals surface area (Å²) in [6.07, 6.45) is 0. The highest BCUT2D eigenvalue weighted by molar-refractivity contribution is 5.73. The SMILES string of the molecule is CC.CNC(=O)N1CCOCC1. The number of nitrogens with zero attached hydrogens (tertiary/aromatic N) is 1. The van der Waals surface area contributed by atoms with Crippen molar-refractivity contribution in [2.75, 3.05) is 33.4 Å². The molecule has 1 heterocycles. The average Bonchev–Trinajstić information content (AvgIpc) is 2.21. The zero-order valence-corrected chi connectivity index (χ0v) is 8.09. The molecule has 12 heavy (non-hydrogen) atoms. The highest BCUT2D eigenvalue weighted by Gasteiger charge is 2.14. The van der Waals surface area contributed by atoms with Gasteiger partial charge in [0.1, 0.15) is 0 Å².